The van der Waals surface area contributed by atoms with Crippen molar-refractivity contribution in [1.29, 1.82) is 0 Å². The van der Waals surface area contributed by atoms with Gasteiger partial charge in [-0.3, -0.25) is 0 Å². The Bertz CT molecular complexity index is 200. The Morgan fingerprint density at radius 2 is 2.00 bits per heavy atom. The van der Waals surface area contributed by atoms with Crippen LogP contribution in [0.1, 0.15) is 33.1 Å². The molecule has 12 heavy (non-hydrogen) atoms. The molecule has 0 radical (unpaired) electrons. The zero-order valence-electron chi connectivity index (χ0n) is 7.88. The van der Waals surface area contributed by atoms with E-state index in [2.05, 4.69) is 13.8 Å². The number of hydrogen-bond donors (Lipinski definition) is 2. The summed E-state index contributed by atoms with van der Waals surface area (Å²) < 4.78 is 0. The Labute approximate surface area is 73.6 Å². The van der Waals surface area contributed by atoms with Crippen molar-refractivity contribution in [3.63, 3.8) is 0 Å². The highest BCUT2D eigenvalue weighted by molar-refractivity contribution is 5.14. The molecule has 3 saturated carbocycles. The first-order valence-corrected chi connectivity index (χ1v) is 4.85. The maximum atomic E-state index is 10.3. The lowest BCUT2D eigenvalue weighted by molar-refractivity contribution is -0.261. The molecule has 0 aromatic rings. The van der Waals surface area contributed by atoms with Gasteiger partial charge in [0.25, 0.3) is 0 Å². The van der Waals surface area contributed by atoms with E-state index in [1.165, 1.54) is 6.42 Å². The zero-order valence-corrected chi connectivity index (χ0v) is 7.88. The lowest BCUT2D eigenvalue weighted by atomic mass is 9.43. The summed E-state index contributed by atoms with van der Waals surface area (Å²) in [7, 11) is 0. The van der Waals surface area contributed by atoms with Crippen LogP contribution in [0.5, 0.6) is 0 Å². The van der Waals surface area contributed by atoms with Crippen LogP contribution in [0.15, 0.2) is 0 Å². The molecule has 0 aromatic carbocycles. The molecular formula is C10H18O2. The van der Waals surface area contributed by atoms with Gasteiger partial charge in [0.05, 0.1) is 5.60 Å². The van der Waals surface area contributed by atoms with E-state index < -0.39 is 5.60 Å². The summed E-state index contributed by atoms with van der Waals surface area (Å²) in [6.07, 6.45) is 3.09. The van der Waals surface area contributed by atoms with Gasteiger partial charge in [-0.15, -0.1) is 0 Å². The SMILES string of the molecule is CC1(C)C2CCC(CO)C1(O)C2. The molecule has 2 heteroatoms. The number of rotatable bonds is 1. The molecule has 3 rings (SSSR count). The van der Waals surface area contributed by atoms with Gasteiger partial charge in [0.2, 0.25) is 0 Å². The molecule has 0 aliphatic heterocycles. The summed E-state index contributed by atoms with van der Waals surface area (Å²) in [6.45, 7) is 4.40. The lowest BCUT2D eigenvalue weighted by Crippen LogP contribution is -2.68. The molecule has 3 atom stereocenters. The highest BCUT2D eigenvalue weighted by atomic mass is 16.3. The topological polar surface area (TPSA) is 40.5 Å². The average Bonchev–Trinajstić information content (AvgIpc) is 2.04. The van der Waals surface area contributed by atoms with E-state index in [1.54, 1.807) is 0 Å². The van der Waals surface area contributed by atoms with E-state index in [4.69, 9.17) is 5.11 Å². The Hall–Kier alpha value is -0.0800. The van der Waals surface area contributed by atoms with Gasteiger partial charge in [-0.25, -0.2) is 0 Å². The van der Waals surface area contributed by atoms with Crippen molar-refractivity contribution in [2.24, 2.45) is 17.3 Å². The van der Waals surface area contributed by atoms with E-state index >= 15 is 0 Å². The van der Waals surface area contributed by atoms with Gasteiger partial charge in [-0.05, 0) is 30.6 Å². The van der Waals surface area contributed by atoms with Crippen LogP contribution in [-0.2, 0) is 0 Å². The van der Waals surface area contributed by atoms with Crippen LogP contribution in [0.2, 0.25) is 0 Å². The molecule has 0 spiro atoms. The third-order valence-electron chi connectivity index (χ3n) is 4.45. The monoisotopic (exact) mass is 170 g/mol. The molecule has 0 aromatic heterocycles. The maximum absolute atomic E-state index is 10.3. The molecule has 0 saturated heterocycles. The molecule has 3 fully saturated rings. The third-order valence-corrected chi connectivity index (χ3v) is 4.45. The predicted molar refractivity (Wildman–Crippen MR) is 46.6 cm³/mol. The Kier molecular flexibility index (Phi) is 1.59. The first-order chi connectivity index (χ1) is 5.52. The number of fused-ring (bicyclic) bond motifs is 2. The smallest absolute Gasteiger partial charge is 0.0753 e. The van der Waals surface area contributed by atoms with Gasteiger partial charge in [0, 0.05) is 12.5 Å². The molecule has 0 heterocycles. The minimum atomic E-state index is -0.565. The Morgan fingerprint density at radius 3 is 2.42 bits per heavy atom. The van der Waals surface area contributed by atoms with Crippen molar-refractivity contribution in [3.8, 4) is 0 Å². The van der Waals surface area contributed by atoms with Crippen LogP contribution >= 0.6 is 0 Å². The van der Waals surface area contributed by atoms with Crippen LogP contribution in [0, 0.1) is 17.3 Å². The zero-order chi connectivity index (χ0) is 8.98. The van der Waals surface area contributed by atoms with Crippen LogP contribution in [0.4, 0.5) is 0 Å². The first-order valence-electron chi connectivity index (χ1n) is 4.85. The molecule has 2 bridgehead atoms. The van der Waals surface area contributed by atoms with Crippen molar-refractivity contribution < 1.29 is 10.2 Å². The second-order valence-corrected chi connectivity index (χ2v) is 5.00. The van der Waals surface area contributed by atoms with Crippen LogP contribution in [-0.4, -0.2) is 22.4 Å². The Balaban J connectivity index is 2.24. The predicted octanol–water partition coefficient (Wildman–Crippen LogP) is 1.17. The minimum Gasteiger partial charge on any atom is -0.396 e. The summed E-state index contributed by atoms with van der Waals surface area (Å²) >= 11 is 0. The standard InChI is InChI=1S/C10H18O2/c1-9(2)7-3-4-8(6-11)10(9,12)5-7/h7-8,11-12H,3-6H2,1-2H3. The van der Waals surface area contributed by atoms with Gasteiger partial charge < -0.3 is 10.2 Å². The van der Waals surface area contributed by atoms with Crippen molar-refractivity contribution in [2.75, 3.05) is 6.61 Å². The number of hydrogen-bond acceptors (Lipinski definition) is 2. The van der Waals surface area contributed by atoms with E-state index in [0.717, 1.165) is 12.8 Å². The van der Waals surface area contributed by atoms with E-state index in [9.17, 15) is 5.11 Å². The van der Waals surface area contributed by atoms with Gasteiger partial charge >= 0.3 is 0 Å². The van der Waals surface area contributed by atoms with Gasteiger partial charge in [-0.1, -0.05) is 13.8 Å². The molecule has 2 nitrogen and oxygen atoms in total. The van der Waals surface area contributed by atoms with Gasteiger partial charge in [0.15, 0.2) is 0 Å². The van der Waals surface area contributed by atoms with Crippen molar-refractivity contribution in [2.45, 2.75) is 38.7 Å². The van der Waals surface area contributed by atoms with Crippen LogP contribution in [0.3, 0.4) is 0 Å². The van der Waals surface area contributed by atoms with Gasteiger partial charge in [-0.2, -0.15) is 0 Å². The Morgan fingerprint density at radius 1 is 1.33 bits per heavy atom. The second kappa shape index (κ2) is 2.24. The fourth-order valence-corrected chi connectivity index (χ4v) is 3.16. The van der Waals surface area contributed by atoms with E-state index in [-0.39, 0.29) is 17.9 Å². The van der Waals surface area contributed by atoms with Crippen LogP contribution in [0.25, 0.3) is 0 Å². The summed E-state index contributed by atoms with van der Waals surface area (Å²) in [4.78, 5) is 0. The van der Waals surface area contributed by atoms with Crippen molar-refractivity contribution >= 4 is 0 Å². The second-order valence-electron chi connectivity index (χ2n) is 5.00. The minimum absolute atomic E-state index is 0.0403. The molecule has 70 valence electrons. The lowest BCUT2D eigenvalue weighted by Gasteiger charge is -2.65. The summed E-state index contributed by atoms with van der Waals surface area (Å²) in [6, 6.07) is 0. The first kappa shape index (κ1) is 8.52. The van der Waals surface area contributed by atoms with Crippen LogP contribution < -0.4 is 0 Å². The third kappa shape index (κ3) is 0.728. The number of aliphatic hydroxyl groups excluding tert-OH is 1. The largest absolute Gasteiger partial charge is 0.396 e. The normalized spacial score (nSPS) is 50.0. The quantitative estimate of drug-likeness (QED) is 0.620. The van der Waals surface area contributed by atoms with E-state index in [0.29, 0.717) is 5.92 Å². The maximum Gasteiger partial charge on any atom is 0.0753 e. The molecule has 3 aliphatic carbocycles. The molecule has 3 aliphatic rings. The van der Waals surface area contributed by atoms with Gasteiger partial charge in [0.1, 0.15) is 0 Å². The molecular weight excluding hydrogens is 152 g/mol. The summed E-state index contributed by atoms with van der Waals surface area (Å²) in [5, 5.41) is 19.4. The summed E-state index contributed by atoms with van der Waals surface area (Å²) in [5.74, 6) is 0.808. The average molecular weight is 170 g/mol. The van der Waals surface area contributed by atoms with Crippen molar-refractivity contribution in [1.82, 2.24) is 0 Å². The summed E-state index contributed by atoms with van der Waals surface area (Å²) in [5.41, 5.74) is -0.524. The molecule has 3 unspecified atom stereocenters. The number of aliphatic hydroxyl groups is 2. The van der Waals surface area contributed by atoms with Crippen molar-refractivity contribution in [3.05, 3.63) is 0 Å². The fourth-order valence-electron chi connectivity index (χ4n) is 3.16. The molecule has 0 amide bonds. The fraction of sp³-hybridized carbons (Fsp3) is 1.00. The highest BCUT2D eigenvalue weighted by Gasteiger charge is 2.64. The molecule has 2 N–H and O–H groups in total. The van der Waals surface area contributed by atoms with E-state index in [1.807, 2.05) is 0 Å². The highest BCUT2D eigenvalue weighted by Crippen LogP contribution is 2.63.